The van der Waals surface area contributed by atoms with Gasteiger partial charge in [0.2, 0.25) is 0 Å². The van der Waals surface area contributed by atoms with Gasteiger partial charge in [0.1, 0.15) is 17.0 Å². The fourth-order valence-electron chi connectivity index (χ4n) is 2.27. The molecule has 3 aromatic rings. The summed E-state index contributed by atoms with van der Waals surface area (Å²) in [4.78, 5) is 28.0. The van der Waals surface area contributed by atoms with Gasteiger partial charge in [-0.15, -0.1) is 0 Å². The van der Waals surface area contributed by atoms with E-state index in [0.717, 1.165) is 0 Å². The number of benzene rings is 2. The van der Waals surface area contributed by atoms with E-state index >= 15 is 0 Å². The Morgan fingerprint density at radius 3 is 2.50 bits per heavy atom. The minimum atomic E-state index is -0.637. The average Bonchev–Trinajstić information content (AvgIpc) is 3.13. The third-order valence-corrected chi connectivity index (χ3v) is 3.54. The number of esters is 1. The van der Waals surface area contributed by atoms with Gasteiger partial charge in [0.05, 0.1) is 19.8 Å². The molecule has 0 atom stereocenters. The van der Waals surface area contributed by atoms with Crippen LogP contribution < -0.4 is 14.8 Å². The van der Waals surface area contributed by atoms with Crippen molar-refractivity contribution in [2.75, 3.05) is 26.1 Å². The highest BCUT2D eigenvalue weighted by molar-refractivity contribution is 5.97. The quantitative estimate of drug-likeness (QED) is 0.678. The van der Waals surface area contributed by atoms with E-state index in [4.69, 9.17) is 18.6 Å². The summed E-state index contributed by atoms with van der Waals surface area (Å²) < 4.78 is 20.4. The molecule has 0 fully saturated rings. The second-order valence-electron chi connectivity index (χ2n) is 5.26. The zero-order chi connectivity index (χ0) is 18.5. The number of fused-ring (bicyclic) bond motifs is 1. The maximum Gasteiger partial charge on any atom is 0.338 e. The molecule has 8 heteroatoms. The lowest BCUT2D eigenvalue weighted by molar-refractivity contribution is -0.119. The first-order valence-electron chi connectivity index (χ1n) is 7.62. The van der Waals surface area contributed by atoms with Crippen molar-refractivity contribution >= 4 is 28.7 Å². The topological polar surface area (TPSA) is 99.9 Å². The number of aromatic nitrogens is 1. The van der Waals surface area contributed by atoms with E-state index in [9.17, 15) is 9.59 Å². The van der Waals surface area contributed by atoms with Gasteiger partial charge in [0.25, 0.3) is 5.91 Å². The summed E-state index contributed by atoms with van der Waals surface area (Å²) in [5, 5.41) is 2.62. The van der Waals surface area contributed by atoms with E-state index in [2.05, 4.69) is 10.3 Å². The van der Waals surface area contributed by atoms with Crippen LogP contribution in [0.15, 0.2) is 47.2 Å². The molecule has 1 amide bonds. The van der Waals surface area contributed by atoms with Crippen LogP contribution in [0.3, 0.4) is 0 Å². The van der Waals surface area contributed by atoms with E-state index in [1.807, 2.05) is 0 Å². The van der Waals surface area contributed by atoms with Crippen LogP contribution in [0, 0.1) is 0 Å². The van der Waals surface area contributed by atoms with Crippen molar-refractivity contribution in [1.82, 2.24) is 4.98 Å². The molecule has 0 aliphatic carbocycles. The van der Waals surface area contributed by atoms with E-state index < -0.39 is 18.5 Å². The summed E-state index contributed by atoms with van der Waals surface area (Å²) >= 11 is 0. The summed E-state index contributed by atoms with van der Waals surface area (Å²) in [6.07, 6.45) is 1.29. The first-order valence-corrected chi connectivity index (χ1v) is 7.62. The van der Waals surface area contributed by atoms with Crippen molar-refractivity contribution in [3.63, 3.8) is 0 Å². The molecule has 0 bridgehead atoms. The van der Waals surface area contributed by atoms with Crippen molar-refractivity contribution in [3.8, 4) is 11.5 Å². The molecule has 8 nitrogen and oxygen atoms in total. The van der Waals surface area contributed by atoms with Crippen LogP contribution in [0.1, 0.15) is 10.4 Å². The molecule has 0 saturated carbocycles. The van der Waals surface area contributed by atoms with Gasteiger partial charge in [-0.05, 0) is 18.2 Å². The van der Waals surface area contributed by atoms with Crippen molar-refractivity contribution in [2.24, 2.45) is 0 Å². The smallest absolute Gasteiger partial charge is 0.338 e. The molecule has 0 spiro atoms. The second kappa shape index (κ2) is 7.56. The number of anilines is 1. The molecule has 1 aromatic heterocycles. The third kappa shape index (κ3) is 3.92. The lowest BCUT2D eigenvalue weighted by Gasteiger charge is -2.10. The SMILES string of the molecule is COc1cc(NC(=O)COC(=O)c2ccc3ncoc3c2)cc(OC)c1. The molecule has 0 saturated heterocycles. The minimum absolute atomic E-state index is 0.269. The molecule has 0 aliphatic heterocycles. The average molecular weight is 356 g/mol. The fraction of sp³-hybridized carbons (Fsp3) is 0.167. The van der Waals surface area contributed by atoms with Crippen molar-refractivity contribution in [3.05, 3.63) is 48.4 Å². The lowest BCUT2D eigenvalue weighted by Crippen LogP contribution is -2.21. The van der Waals surface area contributed by atoms with Crippen LogP contribution in [0.4, 0.5) is 5.69 Å². The molecular formula is C18H16N2O6. The molecule has 1 N–H and O–H groups in total. The highest BCUT2D eigenvalue weighted by Gasteiger charge is 2.13. The summed E-state index contributed by atoms with van der Waals surface area (Å²) in [5.41, 5.74) is 1.83. The second-order valence-corrected chi connectivity index (χ2v) is 5.26. The number of ether oxygens (including phenoxy) is 3. The van der Waals surface area contributed by atoms with Gasteiger partial charge in [-0.1, -0.05) is 0 Å². The number of rotatable bonds is 6. The highest BCUT2D eigenvalue weighted by atomic mass is 16.5. The number of carbonyl (C=O) groups is 2. The molecule has 0 unspecified atom stereocenters. The number of oxazole rings is 1. The third-order valence-electron chi connectivity index (χ3n) is 3.54. The largest absolute Gasteiger partial charge is 0.497 e. The molecule has 0 aliphatic rings. The van der Waals surface area contributed by atoms with Crippen LogP contribution in [0.25, 0.3) is 11.1 Å². The molecule has 134 valence electrons. The molecule has 0 radical (unpaired) electrons. The molecule has 2 aromatic carbocycles. The maximum absolute atomic E-state index is 12.1. The van der Waals surface area contributed by atoms with Gasteiger partial charge in [-0.3, -0.25) is 4.79 Å². The number of hydrogen-bond acceptors (Lipinski definition) is 7. The normalized spacial score (nSPS) is 10.4. The first kappa shape index (κ1) is 17.3. The van der Waals surface area contributed by atoms with Crippen LogP contribution in [0.2, 0.25) is 0 Å². The van der Waals surface area contributed by atoms with Crippen LogP contribution >= 0.6 is 0 Å². The number of nitrogens with zero attached hydrogens (tertiary/aromatic N) is 1. The standard InChI is InChI=1S/C18H16N2O6/c1-23-13-6-12(7-14(8-13)24-2)20-17(21)9-25-18(22)11-3-4-15-16(5-11)26-10-19-15/h3-8,10H,9H2,1-2H3,(H,20,21). The number of nitrogens with one attached hydrogen (secondary N) is 1. The predicted molar refractivity (Wildman–Crippen MR) is 92.5 cm³/mol. The maximum atomic E-state index is 12.1. The molecular weight excluding hydrogens is 340 g/mol. The zero-order valence-electron chi connectivity index (χ0n) is 14.1. The Bertz CT molecular complexity index is 928. The molecule has 3 rings (SSSR count). The Hall–Kier alpha value is -3.55. The van der Waals surface area contributed by atoms with Crippen LogP contribution in [0.5, 0.6) is 11.5 Å². The summed E-state index contributed by atoms with van der Waals surface area (Å²) in [7, 11) is 3.01. The van der Waals surface area contributed by atoms with Gasteiger partial charge >= 0.3 is 5.97 Å². The Labute approximate surface area is 148 Å². The Morgan fingerprint density at radius 1 is 1.08 bits per heavy atom. The predicted octanol–water partition coefficient (Wildman–Crippen LogP) is 2.64. The first-order chi connectivity index (χ1) is 12.6. The summed E-state index contributed by atoms with van der Waals surface area (Å²) in [5.74, 6) is -0.0786. The van der Waals surface area contributed by atoms with E-state index in [1.54, 1.807) is 30.3 Å². The Morgan fingerprint density at radius 2 is 1.81 bits per heavy atom. The van der Waals surface area contributed by atoms with Crippen molar-refractivity contribution in [1.29, 1.82) is 0 Å². The number of hydrogen-bond donors (Lipinski definition) is 1. The van der Waals surface area contributed by atoms with Gasteiger partial charge in [0.15, 0.2) is 18.6 Å². The van der Waals surface area contributed by atoms with Crippen molar-refractivity contribution < 1.29 is 28.2 Å². The summed E-state index contributed by atoms with van der Waals surface area (Å²) in [6.45, 7) is -0.438. The highest BCUT2D eigenvalue weighted by Crippen LogP contribution is 2.25. The van der Waals surface area contributed by atoms with Crippen molar-refractivity contribution in [2.45, 2.75) is 0 Å². The molecule has 1 heterocycles. The van der Waals surface area contributed by atoms with Gasteiger partial charge in [-0.2, -0.15) is 0 Å². The minimum Gasteiger partial charge on any atom is -0.497 e. The van der Waals surface area contributed by atoms with E-state index in [1.165, 1.54) is 26.7 Å². The fourth-order valence-corrected chi connectivity index (χ4v) is 2.27. The van der Waals surface area contributed by atoms with Crippen LogP contribution in [-0.2, 0) is 9.53 Å². The van der Waals surface area contributed by atoms with E-state index in [-0.39, 0.29) is 5.56 Å². The summed E-state index contributed by atoms with van der Waals surface area (Å²) in [6, 6.07) is 9.63. The lowest BCUT2D eigenvalue weighted by atomic mass is 10.2. The monoisotopic (exact) mass is 356 g/mol. The van der Waals surface area contributed by atoms with E-state index in [0.29, 0.717) is 28.3 Å². The van der Waals surface area contributed by atoms with Gasteiger partial charge < -0.3 is 23.9 Å². The van der Waals surface area contributed by atoms with Gasteiger partial charge in [0, 0.05) is 23.9 Å². The number of amides is 1. The van der Waals surface area contributed by atoms with Gasteiger partial charge in [-0.25, -0.2) is 9.78 Å². The number of carbonyl (C=O) groups excluding carboxylic acids is 2. The Kier molecular flexibility index (Phi) is 5.02. The Balaban J connectivity index is 1.60. The van der Waals surface area contributed by atoms with Crippen LogP contribution in [-0.4, -0.2) is 37.7 Å². The zero-order valence-corrected chi connectivity index (χ0v) is 14.1. The molecule has 26 heavy (non-hydrogen) atoms. The number of methoxy groups -OCH3 is 2.